The molecule has 0 atom stereocenters. The van der Waals surface area contributed by atoms with Crippen LogP contribution in [0, 0.1) is 0 Å². The molecule has 2 aromatic heterocycles. The monoisotopic (exact) mass is 283 g/mol. The molecule has 110 valence electrons. The summed E-state index contributed by atoms with van der Waals surface area (Å²) in [6.07, 6.45) is 5.40. The fourth-order valence-electron chi connectivity index (χ4n) is 2.56. The minimum atomic E-state index is 0.712. The molecule has 1 saturated heterocycles. The molecule has 5 heteroatoms. The van der Waals surface area contributed by atoms with Gasteiger partial charge in [-0.25, -0.2) is 0 Å². The average molecular weight is 283 g/mol. The molecule has 3 rings (SSSR count). The Morgan fingerprint density at radius 3 is 2.57 bits per heavy atom. The molecule has 0 spiro atoms. The summed E-state index contributed by atoms with van der Waals surface area (Å²) in [5.41, 5.74) is 9.68. The Hall–Kier alpha value is -1.98. The van der Waals surface area contributed by atoms with Crippen molar-refractivity contribution in [1.82, 2.24) is 19.8 Å². The number of aromatic nitrogens is 2. The quantitative estimate of drug-likeness (QED) is 0.924. The first-order valence-corrected chi connectivity index (χ1v) is 7.28. The summed E-state index contributed by atoms with van der Waals surface area (Å²) in [7, 11) is 2.17. The first kappa shape index (κ1) is 14.0. The lowest BCUT2D eigenvalue weighted by molar-refractivity contribution is 0.148. The molecule has 2 aromatic rings. The highest BCUT2D eigenvalue weighted by molar-refractivity contribution is 5.72. The summed E-state index contributed by atoms with van der Waals surface area (Å²) in [6.45, 7) is 5.47. The van der Waals surface area contributed by atoms with Crippen LogP contribution in [-0.4, -0.2) is 53.0 Å². The van der Waals surface area contributed by atoms with E-state index in [1.54, 1.807) is 18.5 Å². The second-order valence-electron chi connectivity index (χ2n) is 5.59. The maximum absolute atomic E-state index is 5.96. The third-order valence-electron chi connectivity index (χ3n) is 3.96. The lowest BCUT2D eigenvalue weighted by atomic mass is 10.1. The van der Waals surface area contributed by atoms with Gasteiger partial charge in [0.25, 0.3) is 0 Å². The summed E-state index contributed by atoms with van der Waals surface area (Å²) < 4.78 is 0. The van der Waals surface area contributed by atoms with Crippen LogP contribution in [0.2, 0.25) is 0 Å². The smallest absolute Gasteiger partial charge is 0.0738 e. The van der Waals surface area contributed by atoms with E-state index in [2.05, 4.69) is 32.9 Å². The van der Waals surface area contributed by atoms with E-state index in [-0.39, 0.29) is 0 Å². The van der Waals surface area contributed by atoms with Gasteiger partial charge < -0.3 is 10.6 Å². The van der Waals surface area contributed by atoms with Gasteiger partial charge >= 0.3 is 0 Å². The highest BCUT2D eigenvalue weighted by Gasteiger charge is 2.14. The Kier molecular flexibility index (Phi) is 4.13. The van der Waals surface area contributed by atoms with E-state index in [1.807, 2.05) is 12.3 Å². The Balaban J connectivity index is 1.68. The van der Waals surface area contributed by atoms with Gasteiger partial charge in [-0.05, 0) is 24.7 Å². The van der Waals surface area contributed by atoms with Crippen molar-refractivity contribution < 1.29 is 0 Å². The SMILES string of the molecule is CN1CCN(Cc2ccc(-c3cnccc3N)nc2)CC1. The molecule has 0 aliphatic carbocycles. The third kappa shape index (κ3) is 3.37. The standard InChI is InChI=1S/C16H21N5/c1-20-6-8-21(9-7-20)12-13-2-3-16(19-10-13)14-11-18-5-4-15(14)17/h2-5,10-11H,6-9,12H2,1H3,(H2,17,18). The Bertz CT molecular complexity index is 588. The van der Waals surface area contributed by atoms with E-state index in [4.69, 9.17) is 5.73 Å². The number of anilines is 1. The number of piperazine rings is 1. The highest BCUT2D eigenvalue weighted by Crippen LogP contribution is 2.22. The van der Waals surface area contributed by atoms with Crippen LogP contribution < -0.4 is 5.73 Å². The maximum Gasteiger partial charge on any atom is 0.0738 e. The number of rotatable bonds is 3. The van der Waals surface area contributed by atoms with Gasteiger partial charge in [0.2, 0.25) is 0 Å². The molecule has 1 aliphatic rings. The van der Waals surface area contributed by atoms with Crippen LogP contribution in [0.5, 0.6) is 0 Å². The second kappa shape index (κ2) is 6.20. The van der Waals surface area contributed by atoms with Gasteiger partial charge in [-0.15, -0.1) is 0 Å². The van der Waals surface area contributed by atoms with Crippen LogP contribution in [0.1, 0.15) is 5.56 Å². The lowest BCUT2D eigenvalue weighted by Gasteiger charge is -2.32. The van der Waals surface area contributed by atoms with Crippen molar-refractivity contribution >= 4 is 5.69 Å². The fraction of sp³-hybridized carbons (Fsp3) is 0.375. The predicted octanol–water partition coefficient (Wildman–Crippen LogP) is 1.47. The van der Waals surface area contributed by atoms with Crippen molar-refractivity contribution in [3.05, 3.63) is 42.4 Å². The molecule has 0 aromatic carbocycles. The van der Waals surface area contributed by atoms with Crippen LogP contribution in [0.15, 0.2) is 36.8 Å². The molecule has 0 radical (unpaired) electrons. The molecule has 1 aliphatic heterocycles. The zero-order valence-electron chi connectivity index (χ0n) is 12.4. The van der Waals surface area contributed by atoms with E-state index in [1.165, 1.54) is 5.56 Å². The number of hydrogen-bond acceptors (Lipinski definition) is 5. The summed E-state index contributed by atoms with van der Waals surface area (Å²) >= 11 is 0. The van der Waals surface area contributed by atoms with Gasteiger partial charge in [-0.2, -0.15) is 0 Å². The highest BCUT2D eigenvalue weighted by atomic mass is 15.2. The minimum Gasteiger partial charge on any atom is -0.398 e. The molecule has 5 nitrogen and oxygen atoms in total. The topological polar surface area (TPSA) is 58.3 Å². The van der Waals surface area contributed by atoms with Gasteiger partial charge in [0.15, 0.2) is 0 Å². The molecule has 3 heterocycles. The van der Waals surface area contributed by atoms with Gasteiger partial charge in [0.05, 0.1) is 5.69 Å². The van der Waals surface area contributed by atoms with Crippen LogP contribution in [0.4, 0.5) is 5.69 Å². The molecular weight excluding hydrogens is 262 g/mol. The van der Waals surface area contributed by atoms with E-state index >= 15 is 0 Å². The van der Waals surface area contributed by atoms with Crippen molar-refractivity contribution in [2.75, 3.05) is 39.0 Å². The Labute approximate surface area is 125 Å². The minimum absolute atomic E-state index is 0.712. The predicted molar refractivity (Wildman–Crippen MR) is 84.7 cm³/mol. The van der Waals surface area contributed by atoms with Gasteiger partial charge in [-0.1, -0.05) is 6.07 Å². The first-order valence-electron chi connectivity index (χ1n) is 7.28. The summed E-state index contributed by atoms with van der Waals surface area (Å²) in [5, 5.41) is 0. The van der Waals surface area contributed by atoms with E-state index in [0.717, 1.165) is 44.0 Å². The van der Waals surface area contributed by atoms with Gasteiger partial charge in [0.1, 0.15) is 0 Å². The first-order chi connectivity index (χ1) is 10.2. The number of nitrogens with two attached hydrogens (primary N) is 1. The number of nitrogen functional groups attached to an aromatic ring is 1. The molecule has 21 heavy (non-hydrogen) atoms. The number of likely N-dealkylation sites (N-methyl/N-ethyl adjacent to an activating group) is 1. The number of pyridine rings is 2. The zero-order valence-corrected chi connectivity index (χ0v) is 12.4. The zero-order chi connectivity index (χ0) is 14.7. The van der Waals surface area contributed by atoms with Gasteiger partial charge in [-0.3, -0.25) is 14.9 Å². The fourth-order valence-corrected chi connectivity index (χ4v) is 2.56. The van der Waals surface area contributed by atoms with Gasteiger partial charge in [0, 0.05) is 62.6 Å². The molecule has 0 unspecified atom stereocenters. The van der Waals surface area contributed by atoms with E-state index in [9.17, 15) is 0 Å². The van der Waals surface area contributed by atoms with E-state index in [0.29, 0.717) is 5.69 Å². The third-order valence-corrected chi connectivity index (χ3v) is 3.96. The number of nitrogens with zero attached hydrogens (tertiary/aromatic N) is 4. The summed E-state index contributed by atoms with van der Waals surface area (Å²) in [6, 6.07) is 5.96. The molecule has 0 bridgehead atoms. The van der Waals surface area contributed by atoms with E-state index < -0.39 is 0 Å². The van der Waals surface area contributed by atoms with Crippen molar-refractivity contribution in [3.8, 4) is 11.3 Å². The molecule has 0 amide bonds. The lowest BCUT2D eigenvalue weighted by Crippen LogP contribution is -2.43. The average Bonchev–Trinajstić information content (AvgIpc) is 2.51. The van der Waals surface area contributed by atoms with Crippen molar-refractivity contribution in [2.45, 2.75) is 6.54 Å². The van der Waals surface area contributed by atoms with Crippen molar-refractivity contribution in [2.24, 2.45) is 0 Å². The summed E-state index contributed by atoms with van der Waals surface area (Å²) in [5.74, 6) is 0. The van der Waals surface area contributed by atoms with Crippen LogP contribution in [0.3, 0.4) is 0 Å². The Morgan fingerprint density at radius 2 is 1.90 bits per heavy atom. The number of hydrogen-bond donors (Lipinski definition) is 1. The largest absolute Gasteiger partial charge is 0.398 e. The molecule has 1 fully saturated rings. The maximum atomic E-state index is 5.96. The van der Waals surface area contributed by atoms with Crippen LogP contribution in [0.25, 0.3) is 11.3 Å². The molecule has 2 N–H and O–H groups in total. The van der Waals surface area contributed by atoms with Crippen LogP contribution >= 0.6 is 0 Å². The van der Waals surface area contributed by atoms with Crippen molar-refractivity contribution in [1.29, 1.82) is 0 Å². The molecular formula is C16H21N5. The second-order valence-corrected chi connectivity index (χ2v) is 5.59. The molecule has 0 saturated carbocycles. The van der Waals surface area contributed by atoms with Crippen molar-refractivity contribution in [3.63, 3.8) is 0 Å². The summed E-state index contributed by atoms with van der Waals surface area (Å²) in [4.78, 5) is 13.5. The van der Waals surface area contributed by atoms with Crippen LogP contribution in [-0.2, 0) is 6.54 Å². The Morgan fingerprint density at radius 1 is 1.10 bits per heavy atom. The normalized spacial score (nSPS) is 17.0.